The third kappa shape index (κ3) is 3.22. The number of amides is 1. The van der Waals surface area contributed by atoms with Crippen molar-refractivity contribution in [2.24, 2.45) is 5.92 Å². The molecule has 4 nitrogen and oxygen atoms in total. The van der Waals surface area contributed by atoms with Crippen molar-refractivity contribution in [2.45, 2.75) is 12.8 Å². The molecule has 1 atom stereocenters. The van der Waals surface area contributed by atoms with Crippen LogP contribution < -0.4 is 5.32 Å². The van der Waals surface area contributed by atoms with E-state index in [1.165, 1.54) is 22.3 Å². The van der Waals surface area contributed by atoms with Gasteiger partial charge in [-0.1, -0.05) is 55.5 Å². The van der Waals surface area contributed by atoms with E-state index in [2.05, 4.69) is 29.6 Å². The molecule has 23 heavy (non-hydrogen) atoms. The van der Waals surface area contributed by atoms with Crippen LogP contribution in [0.4, 0.5) is 4.79 Å². The first kappa shape index (κ1) is 15.6. The minimum absolute atomic E-state index is 0.0236. The van der Waals surface area contributed by atoms with Gasteiger partial charge in [-0.3, -0.25) is 0 Å². The van der Waals surface area contributed by atoms with Gasteiger partial charge in [-0.05, 0) is 28.2 Å². The van der Waals surface area contributed by atoms with Crippen LogP contribution in [0.1, 0.15) is 24.0 Å². The highest BCUT2D eigenvalue weighted by Gasteiger charge is 2.28. The zero-order chi connectivity index (χ0) is 16.2. The predicted octanol–water partition coefficient (Wildman–Crippen LogP) is 3.15. The van der Waals surface area contributed by atoms with Crippen LogP contribution in [0.3, 0.4) is 0 Å². The maximum atomic E-state index is 11.8. The van der Waals surface area contributed by atoms with Gasteiger partial charge in [0.15, 0.2) is 0 Å². The Hall–Kier alpha value is -2.33. The van der Waals surface area contributed by atoms with Gasteiger partial charge in [0.05, 0.1) is 0 Å². The molecule has 3 rings (SSSR count). The van der Waals surface area contributed by atoms with Crippen LogP contribution >= 0.6 is 0 Å². The van der Waals surface area contributed by atoms with E-state index in [1.807, 2.05) is 31.2 Å². The van der Waals surface area contributed by atoms with Gasteiger partial charge in [0.2, 0.25) is 0 Å². The Balaban J connectivity index is 1.70. The van der Waals surface area contributed by atoms with Crippen LogP contribution in [-0.2, 0) is 4.74 Å². The Morgan fingerprint density at radius 1 is 1.13 bits per heavy atom. The number of nitrogens with one attached hydrogen (secondary N) is 1. The molecule has 2 aromatic rings. The number of aliphatic hydroxyl groups excluding tert-OH is 1. The van der Waals surface area contributed by atoms with E-state index in [-0.39, 0.29) is 18.4 Å². The average molecular weight is 311 g/mol. The van der Waals surface area contributed by atoms with Gasteiger partial charge in [-0.2, -0.15) is 0 Å². The Morgan fingerprint density at radius 2 is 1.70 bits per heavy atom. The predicted molar refractivity (Wildman–Crippen MR) is 89.3 cm³/mol. The summed E-state index contributed by atoms with van der Waals surface area (Å²) in [5, 5.41) is 11.7. The second kappa shape index (κ2) is 6.84. The second-order valence-corrected chi connectivity index (χ2v) is 5.99. The minimum Gasteiger partial charge on any atom is -0.449 e. The summed E-state index contributed by atoms with van der Waals surface area (Å²) in [5.41, 5.74) is 4.83. The number of benzene rings is 2. The molecule has 0 saturated carbocycles. The summed E-state index contributed by atoms with van der Waals surface area (Å²) in [6, 6.07) is 16.5. The van der Waals surface area contributed by atoms with Gasteiger partial charge in [0.1, 0.15) is 6.61 Å². The van der Waals surface area contributed by atoms with Gasteiger partial charge in [0.25, 0.3) is 0 Å². The summed E-state index contributed by atoms with van der Waals surface area (Å²) in [6.07, 6.45) is -0.438. The fourth-order valence-corrected chi connectivity index (χ4v) is 2.97. The summed E-state index contributed by atoms with van der Waals surface area (Å²) in [5.74, 6) is 0.0962. The molecule has 0 aromatic heterocycles. The number of aliphatic hydroxyl groups is 1. The number of alkyl carbamates (subject to hydrolysis) is 1. The maximum absolute atomic E-state index is 11.8. The summed E-state index contributed by atoms with van der Waals surface area (Å²) < 4.78 is 5.40. The lowest BCUT2D eigenvalue weighted by atomic mass is 9.98. The average Bonchev–Trinajstić information content (AvgIpc) is 2.92. The first-order valence-corrected chi connectivity index (χ1v) is 7.90. The highest BCUT2D eigenvalue weighted by molar-refractivity contribution is 5.79. The number of carbonyl (C=O) groups excluding carboxylic acids is 1. The molecule has 120 valence electrons. The number of ether oxygens (including phenoxy) is 1. The van der Waals surface area contributed by atoms with Gasteiger partial charge in [-0.15, -0.1) is 0 Å². The highest BCUT2D eigenvalue weighted by Crippen LogP contribution is 2.44. The lowest BCUT2D eigenvalue weighted by molar-refractivity contribution is 0.139. The second-order valence-electron chi connectivity index (χ2n) is 5.99. The minimum atomic E-state index is -0.438. The molecule has 2 aromatic carbocycles. The first-order valence-electron chi connectivity index (χ1n) is 7.90. The Morgan fingerprint density at radius 3 is 2.26 bits per heavy atom. The van der Waals surface area contributed by atoms with E-state index >= 15 is 0 Å². The highest BCUT2D eigenvalue weighted by atomic mass is 16.5. The number of carbonyl (C=O) groups is 1. The summed E-state index contributed by atoms with van der Waals surface area (Å²) in [7, 11) is 0. The molecular formula is C19H21NO3. The smallest absolute Gasteiger partial charge is 0.407 e. The fourth-order valence-electron chi connectivity index (χ4n) is 2.97. The van der Waals surface area contributed by atoms with Crippen LogP contribution in [0.25, 0.3) is 11.1 Å². The normalized spacial score (nSPS) is 14.0. The van der Waals surface area contributed by atoms with Crippen LogP contribution in [0.15, 0.2) is 48.5 Å². The molecule has 0 saturated heterocycles. The van der Waals surface area contributed by atoms with Crippen molar-refractivity contribution in [2.75, 3.05) is 19.8 Å². The summed E-state index contributed by atoms with van der Waals surface area (Å²) >= 11 is 0. The van der Waals surface area contributed by atoms with Crippen LogP contribution in [-0.4, -0.2) is 31.0 Å². The molecule has 0 fully saturated rings. The van der Waals surface area contributed by atoms with Crippen molar-refractivity contribution in [1.82, 2.24) is 5.32 Å². The van der Waals surface area contributed by atoms with Crippen LogP contribution in [0.5, 0.6) is 0 Å². The van der Waals surface area contributed by atoms with Crippen molar-refractivity contribution in [3.8, 4) is 11.1 Å². The molecule has 0 heterocycles. The Bertz CT molecular complexity index is 653. The molecule has 0 unspecified atom stereocenters. The molecule has 1 aliphatic carbocycles. The van der Waals surface area contributed by atoms with E-state index in [1.54, 1.807) is 0 Å². The lowest BCUT2D eigenvalue weighted by Crippen LogP contribution is -2.31. The van der Waals surface area contributed by atoms with Gasteiger partial charge < -0.3 is 15.2 Å². The zero-order valence-corrected chi connectivity index (χ0v) is 13.2. The maximum Gasteiger partial charge on any atom is 0.407 e. The third-order valence-corrected chi connectivity index (χ3v) is 4.25. The van der Waals surface area contributed by atoms with Crippen molar-refractivity contribution in [3.63, 3.8) is 0 Å². The summed E-state index contributed by atoms with van der Waals surface area (Å²) in [6.45, 7) is 2.63. The van der Waals surface area contributed by atoms with Crippen molar-refractivity contribution in [3.05, 3.63) is 59.7 Å². The molecule has 1 amide bonds. The van der Waals surface area contributed by atoms with Gasteiger partial charge in [0, 0.05) is 19.1 Å². The van der Waals surface area contributed by atoms with Gasteiger partial charge >= 0.3 is 6.09 Å². The van der Waals surface area contributed by atoms with E-state index in [0.717, 1.165) is 0 Å². The molecule has 0 aliphatic heterocycles. The molecule has 0 spiro atoms. The number of hydrogen-bond acceptors (Lipinski definition) is 3. The van der Waals surface area contributed by atoms with E-state index in [9.17, 15) is 4.79 Å². The molecule has 2 N–H and O–H groups in total. The Labute approximate surface area is 136 Å². The molecular weight excluding hydrogens is 290 g/mol. The first-order chi connectivity index (χ1) is 11.2. The van der Waals surface area contributed by atoms with Crippen molar-refractivity contribution >= 4 is 6.09 Å². The monoisotopic (exact) mass is 311 g/mol. The zero-order valence-electron chi connectivity index (χ0n) is 13.2. The largest absolute Gasteiger partial charge is 0.449 e. The number of rotatable bonds is 5. The molecule has 1 aliphatic rings. The number of hydrogen-bond donors (Lipinski definition) is 2. The molecule has 0 radical (unpaired) electrons. The topological polar surface area (TPSA) is 58.6 Å². The quantitative estimate of drug-likeness (QED) is 0.892. The molecule has 4 heteroatoms. The van der Waals surface area contributed by atoms with E-state index in [0.29, 0.717) is 13.2 Å². The third-order valence-electron chi connectivity index (χ3n) is 4.25. The van der Waals surface area contributed by atoms with Gasteiger partial charge in [-0.25, -0.2) is 4.79 Å². The standard InChI is InChI=1S/C19H21NO3/c1-13(11-21)10-20-19(22)23-12-18-16-8-4-2-6-14(16)15-7-3-5-9-17(15)18/h2-9,13,18,21H,10-12H2,1H3,(H,20,22)/t13-/m1/s1. The number of fused-ring (bicyclic) bond motifs is 3. The fraction of sp³-hybridized carbons (Fsp3) is 0.316. The van der Waals surface area contributed by atoms with Crippen molar-refractivity contribution in [1.29, 1.82) is 0 Å². The molecule has 0 bridgehead atoms. The summed E-state index contributed by atoms with van der Waals surface area (Å²) in [4.78, 5) is 11.8. The lowest BCUT2D eigenvalue weighted by Gasteiger charge is -2.15. The van der Waals surface area contributed by atoms with E-state index in [4.69, 9.17) is 9.84 Å². The SMILES string of the molecule is C[C@@H](CO)CNC(=O)OCC1c2ccccc2-c2ccccc21. The van der Waals surface area contributed by atoms with E-state index < -0.39 is 6.09 Å². The van der Waals surface area contributed by atoms with Crippen molar-refractivity contribution < 1.29 is 14.6 Å². The van der Waals surface area contributed by atoms with Crippen LogP contribution in [0.2, 0.25) is 0 Å². The Kier molecular flexibility index (Phi) is 4.63. The van der Waals surface area contributed by atoms with Crippen LogP contribution in [0, 0.1) is 5.92 Å².